The van der Waals surface area contributed by atoms with Crippen LogP contribution in [0.4, 0.5) is 5.69 Å². The molecule has 0 saturated heterocycles. The van der Waals surface area contributed by atoms with Gasteiger partial charge in [-0.25, -0.2) is 0 Å². The van der Waals surface area contributed by atoms with Crippen LogP contribution >= 0.6 is 12.2 Å². The second kappa shape index (κ2) is 10.4. The summed E-state index contributed by atoms with van der Waals surface area (Å²) in [6.45, 7) is 0. The van der Waals surface area contributed by atoms with Gasteiger partial charge in [-0.3, -0.25) is 9.59 Å². The molecule has 0 atom stereocenters. The second-order valence-corrected chi connectivity index (χ2v) is 6.92. The van der Waals surface area contributed by atoms with Gasteiger partial charge in [0.05, 0.1) is 13.5 Å². The van der Waals surface area contributed by atoms with Crippen LogP contribution in [0.25, 0.3) is 0 Å². The van der Waals surface area contributed by atoms with Crippen LogP contribution in [0.5, 0.6) is 5.75 Å². The number of carbonyl (C=O) groups is 2. The van der Waals surface area contributed by atoms with E-state index in [1.165, 1.54) is 0 Å². The Morgan fingerprint density at radius 3 is 2.43 bits per heavy atom. The average Bonchev–Trinajstić information content (AvgIpc) is 2.66. The number of benzene rings is 2. The van der Waals surface area contributed by atoms with Gasteiger partial charge in [0.25, 0.3) is 0 Å². The molecule has 28 heavy (non-hydrogen) atoms. The third-order valence-corrected chi connectivity index (χ3v) is 4.29. The monoisotopic (exact) mass is 399 g/mol. The van der Waals surface area contributed by atoms with Crippen molar-refractivity contribution in [3.63, 3.8) is 0 Å². The van der Waals surface area contributed by atoms with Crippen LogP contribution < -0.4 is 15.4 Å². The zero-order valence-corrected chi connectivity index (χ0v) is 17.1. The number of thiocarbonyl (C=S) groups is 1. The number of anilines is 1. The third kappa shape index (κ3) is 7.00. The summed E-state index contributed by atoms with van der Waals surface area (Å²) < 4.78 is 5.10. The van der Waals surface area contributed by atoms with Crippen molar-refractivity contribution in [2.45, 2.75) is 19.3 Å². The Hall–Kier alpha value is -2.93. The van der Waals surface area contributed by atoms with Gasteiger partial charge in [-0.05, 0) is 54.0 Å². The van der Waals surface area contributed by atoms with E-state index in [1.807, 2.05) is 48.5 Å². The molecule has 148 valence electrons. The molecule has 0 saturated carbocycles. The van der Waals surface area contributed by atoms with Crippen molar-refractivity contribution in [1.82, 2.24) is 10.2 Å². The van der Waals surface area contributed by atoms with E-state index < -0.39 is 0 Å². The highest BCUT2D eigenvalue weighted by Crippen LogP contribution is 2.13. The average molecular weight is 400 g/mol. The smallest absolute Gasteiger partial charge is 0.230 e. The number of aryl methyl sites for hydroxylation is 1. The fourth-order valence-corrected chi connectivity index (χ4v) is 2.77. The van der Waals surface area contributed by atoms with E-state index >= 15 is 0 Å². The maximum atomic E-state index is 12.2. The van der Waals surface area contributed by atoms with Gasteiger partial charge in [-0.1, -0.05) is 24.3 Å². The Morgan fingerprint density at radius 1 is 1.07 bits per heavy atom. The maximum Gasteiger partial charge on any atom is 0.230 e. The van der Waals surface area contributed by atoms with Crippen molar-refractivity contribution in [3.05, 3.63) is 59.7 Å². The van der Waals surface area contributed by atoms with Gasteiger partial charge in [0.15, 0.2) is 5.11 Å². The van der Waals surface area contributed by atoms with E-state index in [1.54, 1.807) is 26.1 Å². The number of amides is 2. The molecule has 0 aromatic heterocycles. The van der Waals surface area contributed by atoms with Crippen molar-refractivity contribution in [2.24, 2.45) is 0 Å². The molecule has 7 heteroatoms. The highest BCUT2D eigenvalue weighted by Gasteiger charge is 2.08. The summed E-state index contributed by atoms with van der Waals surface area (Å²) in [7, 11) is 5.08. The van der Waals surface area contributed by atoms with Crippen LogP contribution in [0.2, 0.25) is 0 Å². The van der Waals surface area contributed by atoms with E-state index in [0.717, 1.165) is 22.6 Å². The molecule has 2 amide bonds. The minimum absolute atomic E-state index is 0.0830. The lowest BCUT2D eigenvalue weighted by atomic mass is 10.1. The van der Waals surface area contributed by atoms with Gasteiger partial charge in [-0.2, -0.15) is 0 Å². The lowest BCUT2D eigenvalue weighted by Gasteiger charge is -2.12. The van der Waals surface area contributed by atoms with Crippen molar-refractivity contribution in [1.29, 1.82) is 0 Å². The molecule has 0 aliphatic heterocycles. The summed E-state index contributed by atoms with van der Waals surface area (Å²) >= 11 is 5.23. The van der Waals surface area contributed by atoms with E-state index in [-0.39, 0.29) is 23.3 Å². The fraction of sp³-hybridized carbons (Fsp3) is 0.286. The lowest BCUT2D eigenvalue weighted by Crippen LogP contribution is -2.35. The first-order valence-electron chi connectivity index (χ1n) is 8.90. The molecule has 6 nitrogen and oxygen atoms in total. The van der Waals surface area contributed by atoms with Crippen LogP contribution in [0.15, 0.2) is 48.5 Å². The zero-order valence-electron chi connectivity index (χ0n) is 16.3. The van der Waals surface area contributed by atoms with Crippen molar-refractivity contribution in [2.75, 3.05) is 26.5 Å². The van der Waals surface area contributed by atoms with Crippen molar-refractivity contribution >= 4 is 34.8 Å². The minimum atomic E-state index is -0.199. The number of rotatable bonds is 7. The summed E-state index contributed by atoms with van der Waals surface area (Å²) in [6, 6.07) is 14.9. The second-order valence-electron chi connectivity index (χ2n) is 6.52. The van der Waals surface area contributed by atoms with Gasteiger partial charge >= 0.3 is 0 Å². The number of hydrogen-bond acceptors (Lipinski definition) is 4. The zero-order chi connectivity index (χ0) is 20.5. The van der Waals surface area contributed by atoms with Crippen molar-refractivity contribution < 1.29 is 14.3 Å². The molecule has 0 bridgehead atoms. The standard InChI is InChI=1S/C21H25N3O3S/c1-24(2)20(26)12-9-15-5-4-6-17(13-15)22-21(28)23-19(25)14-16-7-10-18(27-3)11-8-16/h4-8,10-11,13H,9,12,14H2,1-3H3,(H2,22,23,25,28). The molecule has 0 fully saturated rings. The Kier molecular flexibility index (Phi) is 7.95. The molecule has 0 spiro atoms. The Labute approximate surface area is 170 Å². The Bertz CT molecular complexity index is 835. The third-order valence-electron chi connectivity index (χ3n) is 4.09. The first-order valence-corrected chi connectivity index (χ1v) is 9.31. The van der Waals surface area contributed by atoms with Gasteiger partial charge in [0.1, 0.15) is 5.75 Å². The van der Waals surface area contributed by atoms with E-state index in [0.29, 0.717) is 12.8 Å². The molecule has 2 rings (SSSR count). The first kappa shape index (κ1) is 21.4. The number of methoxy groups -OCH3 is 1. The molecule has 0 aliphatic rings. The number of carbonyl (C=O) groups excluding carboxylic acids is 2. The van der Waals surface area contributed by atoms with Gasteiger partial charge in [-0.15, -0.1) is 0 Å². The highest BCUT2D eigenvalue weighted by atomic mass is 32.1. The summed E-state index contributed by atoms with van der Waals surface area (Å²) in [6.07, 6.45) is 1.31. The van der Waals surface area contributed by atoms with E-state index in [2.05, 4.69) is 10.6 Å². The normalized spacial score (nSPS) is 10.1. The molecular formula is C21H25N3O3S. The van der Waals surface area contributed by atoms with E-state index in [4.69, 9.17) is 17.0 Å². The number of hydrogen-bond donors (Lipinski definition) is 2. The highest BCUT2D eigenvalue weighted by molar-refractivity contribution is 7.80. The van der Waals surface area contributed by atoms with Crippen molar-refractivity contribution in [3.8, 4) is 5.75 Å². The lowest BCUT2D eigenvalue weighted by molar-refractivity contribution is -0.128. The molecule has 2 aromatic carbocycles. The topological polar surface area (TPSA) is 70.7 Å². The molecule has 0 radical (unpaired) electrons. The minimum Gasteiger partial charge on any atom is -0.497 e. The van der Waals surface area contributed by atoms with Crippen LogP contribution in [0, 0.1) is 0 Å². The predicted molar refractivity (Wildman–Crippen MR) is 115 cm³/mol. The Balaban J connectivity index is 1.85. The van der Waals surface area contributed by atoms with Crippen LogP contribution in [-0.4, -0.2) is 43.0 Å². The quantitative estimate of drug-likeness (QED) is 0.701. The number of nitrogens with zero attached hydrogens (tertiary/aromatic N) is 1. The van der Waals surface area contributed by atoms with Crippen LogP contribution in [0.1, 0.15) is 17.5 Å². The summed E-state index contributed by atoms with van der Waals surface area (Å²) in [4.78, 5) is 25.5. The largest absolute Gasteiger partial charge is 0.497 e. The molecule has 0 unspecified atom stereocenters. The SMILES string of the molecule is COc1ccc(CC(=O)NC(=S)Nc2cccc(CCC(=O)N(C)C)c2)cc1. The molecule has 2 N–H and O–H groups in total. The van der Waals surface area contributed by atoms with Gasteiger partial charge < -0.3 is 20.3 Å². The Morgan fingerprint density at radius 2 is 1.79 bits per heavy atom. The molecular weight excluding hydrogens is 374 g/mol. The van der Waals surface area contributed by atoms with Gasteiger partial charge in [0, 0.05) is 26.2 Å². The number of ether oxygens (including phenoxy) is 1. The van der Waals surface area contributed by atoms with Crippen LogP contribution in [-0.2, 0) is 22.4 Å². The molecule has 2 aromatic rings. The predicted octanol–water partition coefficient (Wildman–Crippen LogP) is 2.77. The van der Waals surface area contributed by atoms with E-state index in [9.17, 15) is 9.59 Å². The summed E-state index contributed by atoms with van der Waals surface area (Å²) in [5.74, 6) is 0.628. The molecule has 0 heterocycles. The molecule has 0 aliphatic carbocycles. The number of nitrogens with one attached hydrogen (secondary N) is 2. The fourth-order valence-electron chi connectivity index (χ4n) is 2.54. The summed E-state index contributed by atoms with van der Waals surface area (Å²) in [5, 5.41) is 5.93. The van der Waals surface area contributed by atoms with Crippen LogP contribution in [0.3, 0.4) is 0 Å². The first-order chi connectivity index (χ1) is 13.4. The summed E-state index contributed by atoms with van der Waals surface area (Å²) in [5.41, 5.74) is 2.66. The maximum absolute atomic E-state index is 12.2. The van der Waals surface area contributed by atoms with Gasteiger partial charge in [0.2, 0.25) is 11.8 Å².